The van der Waals surface area contributed by atoms with Crippen LogP contribution < -0.4 is 11.1 Å². The van der Waals surface area contributed by atoms with Crippen LogP contribution in [0.1, 0.15) is 57.8 Å². The highest BCUT2D eigenvalue weighted by Gasteiger charge is 2.50. The van der Waals surface area contributed by atoms with Crippen LogP contribution >= 0.6 is 0 Å². The van der Waals surface area contributed by atoms with Gasteiger partial charge in [-0.25, -0.2) is 0 Å². The van der Waals surface area contributed by atoms with E-state index in [9.17, 15) is 4.79 Å². The largest absolute Gasteiger partial charge is 0.355 e. The number of hydrogen-bond acceptors (Lipinski definition) is 3. The number of nitrogens with zero attached hydrogens (tertiary/aromatic N) is 1. The molecule has 4 nitrogen and oxygen atoms in total. The summed E-state index contributed by atoms with van der Waals surface area (Å²) in [6.07, 6.45) is 12.1. The molecule has 21 heavy (non-hydrogen) atoms. The first-order valence-corrected chi connectivity index (χ1v) is 8.97. The first-order valence-electron chi connectivity index (χ1n) is 8.97. The van der Waals surface area contributed by atoms with Gasteiger partial charge in [0.05, 0.1) is 5.92 Å². The topological polar surface area (TPSA) is 58.4 Å². The molecule has 0 aromatic rings. The third-order valence-corrected chi connectivity index (χ3v) is 6.18. The molecule has 2 saturated carbocycles. The van der Waals surface area contributed by atoms with Gasteiger partial charge in [-0.3, -0.25) is 9.69 Å². The van der Waals surface area contributed by atoms with Crippen LogP contribution in [0.3, 0.4) is 0 Å². The zero-order valence-electron chi connectivity index (χ0n) is 13.3. The molecule has 4 heteroatoms. The van der Waals surface area contributed by atoms with Crippen LogP contribution in [0.25, 0.3) is 0 Å². The van der Waals surface area contributed by atoms with Gasteiger partial charge in [0.15, 0.2) is 0 Å². The first kappa shape index (κ1) is 15.3. The van der Waals surface area contributed by atoms with E-state index in [4.69, 9.17) is 5.73 Å². The zero-order chi connectivity index (χ0) is 14.7. The maximum atomic E-state index is 12.2. The summed E-state index contributed by atoms with van der Waals surface area (Å²) in [6, 6.07) is 0.767. The SMILES string of the molecule is NCCNC(=O)C1CCCN(C2CCC23CCCCC3)C1. The highest BCUT2D eigenvalue weighted by molar-refractivity contribution is 5.78. The number of carbonyl (C=O) groups excluding carboxylic acids is 1. The second-order valence-corrected chi connectivity index (χ2v) is 7.39. The highest BCUT2D eigenvalue weighted by atomic mass is 16.1. The van der Waals surface area contributed by atoms with E-state index in [0.717, 1.165) is 19.0 Å². The molecule has 0 bridgehead atoms. The Balaban J connectivity index is 1.57. The highest BCUT2D eigenvalue weighted by Crippen LogP contribution is 2.54. The fourth-order valence-electron chi connectivity index (χ4n) is 4.93. The molecule has 3 aliphatic rings. The van der Waals surface area contributed by atoms with E-state index in [1.165, 1.54) is 57.9 Å². The summed E-state index contributed by atoms with van der Waals surface area (Å²) >= 11 is 0. The van der Waals surface area contributed by atoms with Gasteiger partial charge in [0, 0.05) is 25.7 Å². The van der Waals surface area contributed by atoms with Crippen molar-refractivity contribution < 1.29 is 4.79 Å². The van der Waals surface area contributed by atoms with Crippen LogP contribution in [0, 0.1) is 11.3 Å². The smallest absolute Gasteiger partial charge is 0.224 e. The molecule has 3 fully saturated rings. The van der Waals surface area contributed by atoms with Crippen molar-refractivity contribution in [3.8, 4) is 0 Å². The molecule has 2 atom stereocenters. The van der Waals surface area contributed by atoms with Crippen molar-refractivity contribution in [1.29, 1.82) is 0 Å². The van der Waals surface area contributed by atoms with E-state index in [1.54, 1.807) is 0 Å². The minimum atomic E-state index is 0.187. The monoisotopic (exact) mass is 293 g/mol. The van der Waals surface area contributed by atoms with Crippen LogP contribution in [-0.2, 0) is 4.79 Å². The Labute approximate surface area is 128 Å². The van der Waals surface area contributed by atoms with Gasteiger partial charge in [0.1, 0.15) is 0 Å². The van der Waals surface area contributed by atoms with Gasteiger partial charge >= 0.3 is 0 Å². The van der Waals surface area contributed by atoms with E-state index in [0.29, 0.717) is 18.5 Å². The number of carbonyl (C=O) groups is 1. The summed E-state index contributed by atoms with van der Waals surface area (Å²) < 4.78 is 0. The molecule has 0 aromatic carbocycles. The third-order valence-electron chi connectivity index (χ3n) is 6.18. The molecule has 1 saturated heterocycles. The Morgan fingerprint density at radius 3 is 2.62 bits per heavy atom. The summed E-state index contributed by atoms with van der Waals surface area (Å²) in [4.78, 5) is 14.9. The summed E-state index contributed by atoms with van der Waals surface area (Å²) in [5, 5.41) is 2.98. The fraction of sp³-hybridized carbons (Fsp3) is 0.941. The summed E-state index contributed by atoms with van der Waals surface area (Å²) in [5.41, 5.74) is 6.10. The minimum absolute atomic E-state index is 0.187. The second kappa shape index (κ2) is 6.66. The van der Waals surface area contributed by atoms with Crippen LogP contribution in [0.2, 0.25) is 0 Å². The quantitative estimate of drug-likeness (QED) is 0.832. The van der Waals surface area contributed by atoms with Crippen molar-refractivity contribution in [2.24, 2.45) is 17.1 Å². The maximum Gasteiger partial charge on any atom is 0.224 e. The van der Waals surface area contributed by atoms with Crippen LogP contribution in [0.15, 0.2) is 0 Å². The Bertz CT molecular complexity index is 365. The van der Waals surface area contributed by atoms with Gasteiger partial charge in [-0.15, -0.1) is 0 Å². The number of hydrogen-bond donors (Lipinski definition) is 2. The predicted octanol–water partition coefficient (Wildman–Crippen LogP) is 1.89. The number of nitrogens with one attached hydrogen (secondary N) is 1. The number of amides is 1. The van der Waals surface area contributed by atoms with Crippen molar-refractivity contribution in [1.82, 2.24) is 10.2 Å². The minimum Gasteiger partial charge on any atom is -0.355 e. The maximum absolute atomic E-state index is 12.2. The van der Waals surface area contributed by atoms with Crippen LogP contribution in [-0.4, -0.2) is 43.0 Å². The van der Waals surface area contributed by atoms with Gasteiger partial charge < -0.3 is 11.1 Å². The molecule has 2 aliphatic carbocycles. The van der Waals surface area contributed by atoms with Gasteiger partial charge in [-0.1, -0.05) is 19.3 Å². The molecule has 1 amide bonds. The van der Waals surface area contributed by atoms with Crippen molar-refractivity contribution in [3.05, 3.63) is 0 Å². The molecule has 120 valence electrons. The number of rotatable bonds is 4. The van der Waals surface area contributed by atoms with Crippen molar-refractivity contribution in [3.63, 3.8) is 0 Å². The summed E-state index contributed by atoms with van der Waals surface area (Å²) in [7, 11) is 0. The van der Waals surface area contributed by atoms with Gasteiger partial charge in [-0.2, -0.15) is 0 Å². The van der Waals surface area contributed by atoms with Crippen molar-refractivity contribution in [2.45, 2.75) is 63.8 Å². The average molecular weight is 293 g/mol. The molecule has 0 aromatic heterocycles. The van der Waals surface area contributed by atoms with E-state index in [-0.39, 0.29) is 11.8 Å². The predicted molar refractivity (Wildman–Crippen MR) is 84.9 cm³/mol. The third kappa shape index (κ3) is 3.11. The van der Waals surface area contributed by atoms with E-state index in [1.807, 2.05) is 0 Å². The van der Waals surface area contributed by atoms with Gasteiger partial charge in [0.25, 0.3) is 0 Å². The molecule has 3 rings (SSSR count). The first-order chi connectivity index (χ1) is 10.2. The molecular weight excluding hydrogens is 262 g/mol. The Morgan fingerprint density at radius 1 is 1.14 bits per heavy atom. The molecule has 2 unspecified atom stereocenters. The molecule has 0 radical (unpaired) electrons. The fourth-order valence-corrected chi connectivity index (χ4v) is 4.93. The number of piperidine rings is 1. The van der Waals surface area contributed by atoms with Gasteiger partial charge in [-0.05, 0) is 50.5 Å². The second-order valence-electron chi connectivity index (χ2n) is 7.39. The van der Waals surface area contributed by atoms with Crippen molar-refractivity contribution in [2.75, 3.05) is 26.2 Å². The lowest BCUT2D eigenvalue weighted by Gasteiger charge is -2.57. The Morgan fingerprint density at radius 2 is 1.95 bits per heavy atom. The lowest BCUT2D eigenvalue weighted by molar-refractivity contribution is -0.129. The van der Waals surface area contributed by atoms with Crippen LogP contribution in [0.4, 0.5) is 0 Å². The number of nitrogens with two attached hydrogens (primary N) is 1. The molecule has 1 heterocycles. The lowest BCUT2D eigenvalue weighted by atomic mass is 9.56. The summed E-state index contributed by atoms with van der Waals surface area (Å²) in [5.74, 6) is 0.411. The number of likely N-dealkylation sites (tertiary alicyclic amines) is 1. The average Bonchev–Trinajstić information content (AvgIpc) is 2.52. The van der Waals surface area contributed by atoms with E-state index in [2.05, 4.69) is 10.2 Å². The molecular formula is C17H31N3O. The van der Waals surface area contributed by atoms with Crippen LogP contribution in [0.5, 0.6) is 0 Å². The van der Waals surface area contributed by atoms with Gasteiger partial charge in [0.2, 0.25) is 5.91 Å². The Hall–Kier alpha value is -0.610. The molecule has 3 N–H and O–H groups in total. The Kier molecular flexibility index (Phi) is 4.85. The molecule has 1 aliphatic heterocycles. The van der Waals surface area contributed by atoms with E-state index < -0.39 is 0 Å². The normalized spacial score (nSPS) is 32.6. The molecule has 1 spiro atoms. The zero-order valence-corrected chi connectivity index (χ0v) is 13.3. The van der Waals surface area contributed by atoms with E-state index >= 15 is 0 Å². The van der Waals surface area contributed by atoms with Crippen molar-refractivity contribution >= 4 is 5.91 Å². The lowest BCUT2D eigenvalue weighted by Crippen LogP contribution is -2.59. The summed E-state index contributed by atoms with van der Waals surface area (Å²) in [6.45, 7) is 3.33. The standard InChI is InChI=1S/C17H31N3O/c18-10-11-19-16(21)14-5-4-12-20(13-14)15-6-9-17(15)7-2-1-3-8-17/h14-15H,1-13,18H2,(H,19,21).